The average molecular weight is 979 g/mol. The second kappa shape index (κ2) is 27.1. The lowest BCUT2D eigenvalue weighted by molar-refractivity contribution is -0.143. The van der Waals surface area contributed by atoms with Gasteiger partial charge in [0.05, 0.1) is 24.9 Å². The third-order valence-electron chi connectivity index (χ3n) is 12.0. The zero-order chi connectivity index (χ0) is 51.7. The normalized spacial score (nSPS) is 17.5. The van der Waals surface area contributed by atoms with Crippen LogP contribution in [0.1, 0.15) is 77.3 Å². The van der Waals surface area contributed by atoms with Gasteiger partial charge in [-0.05, 0) is 75.6 Å². The number of unbranched alkanes of at least 4 members (excludes halogenated alkanes) is 1. The number of carboxylic acid groups (broad SMARTS) is 1. The Bertz CT molecular complexity index is 2260. The number of aromatic nitrogens is 1. The van der Waals surface area contributed by atoms with Crippen LogP contribution >= 0.6 is 0 Å². The highest BCUT2D eigenvalue weighted by Crippen LogP contribution is 2.22. The second-order valence-electron chi connectivity index (χ2n) is 18.2. The van der Waals surface area contributed by atoms with Gasteiger partial charge in [-0.15, -0.1) is 0 Å². The highest BCUT2D eigenvalue weighted by Gasteiger charge is 2.40. The number of aliphatic carboxylic acids is 1. The van der Waals surface area contributed by atoms with Crippen molar-refractivity contribution in [1.29, 1.82) is 0 Å². The van der Waals surface area contributed by atoms with Crippen LogP contribution in [-0.2, 0) is 51.2 Å². The number of hydrogen-bond donors (Lipinski definition) is 13. The van der Waals surface area contributed by atoms with Crippen molar-refractivity contribution in [3.05, 3.63) is 71.9 Å². The predicted octanol–water partition coefficient (Wildman–Crippen LogP) is -1.81. The SMILES string of the molecule is CC(C)CC(NC(=O)C(NC(=O)C(NC(=O)C(Cc1ccccc1)NC(=O)C(Cc1c[nH]c2ccccc12)NC(=O)C1CCCN1C(=O)C(CO)NC(=O)C(N)CCCCN)C(C)O)C(C)O)C(=O)O. The number of hydrogen-bond acceptors (Lipinski definition) is 13. The fourth-order valence-corrected chi connectivity index (χ4v) is 8.20. The molecule has 70 heavy (non-hydrogen) atoms. The summed E-state index contributed by atoms with van der Waals surface area (Å²) >= 11 is 0. The summed E-state index contributed by atoms with van der Waals surface area (Å²) in [5.74, 6) is -7.51. The Morgan fingerprint density at radius 1 is 0.714 bits per heavy atom. The smallest absolute Gasteiger partial charge is 0.326 e. The molecule has 10 atom stereocenters. The lowest BCUT2D eigenvalue weighted by atomic mass is 10.0. The summed E-state index contributed by atoms with van der Waals surface area (Å²) in [7, 11) is 0. The summed E-state index contributed by atoms with van der Waals surface area (Å²) in [5.41, 5.74) is 13.5. The molecule has 2 aromatic carbocycles. The topological polar surface area (TPSA) is 361 Å². The molecule has 384 valence electrons. The molecule has 0 saturated carbocycles. The van der Waals surface area contributed by atoms with Gasteiger partial charge in [-0.25, -0.2) is 4.79 Å². The van der Waals surface area contributed by atoms with Crippen molar-refractivity contribution in [2.75, 3.05) is 19.7 Å². The van der Waals surface area contributed by atoms with Gasteiger partial charge in [0, 0.05) is 36.5 Å². The van der Waals surface area contributed by atoms with Crippen molar-refractivity contribution >= 4 is 58.2 Å². The largest absolute Gasteiger partial charge is 0.480 e. The lowest BCUT2D eigenvalue weighted by Gasteiger charge is -2.30. The first kappa shape index (κ1) is 56.1. The number of carboxylic acids is 1. The lowest BCUT2D eigenvalue weighted by Crippen LogP contribution is -2.63. The Labute approximate surface area is 406 Å². The third kappa shape index (κ3) is 16.1. The number of aromatic amines is 1. The van der Waals surface area contributed by atoms with Crippen LogP contribution in [0.15, 0.2) is 60.8 Å². The number of nitrogens with two attached hydrogens (primary N) is 2. The van der Waals surface area contributed by atoms with E-state index in [9.17, 15) is 58.8 Å². The molecule has 4 rings (SSSR count). The molecule has 1 fully saturated rings. The molecule has 15 N–H and O–H groups in total. The average Bonchev–Trinajstić information content (AvgIpc) is 3.98. The van der Waals surface area contributed by atoms with Crippen molar-refractivity contribution in [1.82, 2.24) is 41.8 Å². The first-order valence-corrected chi connectivity index (χ1v) is 23.6. The summed E-state index contributed by atoms with van der Waals surface area (Å²) in [6.07, 6.45) is 0.384. The Morgan fingerprint density at radius 3 is 1.90 bits per heavy atom. The Hall–Kier alpha value is -6.46. The molecule has 1 aliphatic heterocycles. The quantitative estimate of drug-likeness (QED) is 0.0375. The number of carbonyl (C=O) groups is 8. The molecule has 22 heteroatoms. The molecule has 22 nitrogen and oxygen atoms in total. The van der Waals surface area contributed by atoms with Crippen molar-refractivity contribution in [2.24, 2.45) is 17.4 Å². The number of carbonyl (C=O) groups excluding carboxylic acids is 7. The highest BCUT2D eigenvalue weighted by molar-refractivity contribution is 5.98. The molecule has 7 amide bonds. The van der Waals surface area contributed by atoms with Crippen LogP contribution in [0.4, 0.5) is 0 Å². The molecule has 0 bridgehead atoms. The maximum absolute atomic E-state index is 14.6. The third-order valence-corrected chi connectivity index (χ3v) is 12.0. The number of H-pyrrole nitrogens is 1. The van der Waals surface area contributed by atoms with E-state index in [0.717, 1.165) is 10.9 Å². The van der Waals surface area contributed by atoms with Crippen LogP contribution in [0, 0.1) is 5.92 Å². The standard InChI is InChI=1S/C48H70N10O12/c1-26(2)21-36(48(69)70)54-45(66)39(27(3)60)57-46(67)40(28(4)61)56-43(64)34(22-29-13-6-5-7-14-29)52-42(63)35(23-30-24-51-33-17-9-8-15-31(30)33)53-44(65)38-18-12-20-58(38)47(68)37(25-59)55-41(62)32(50)16-10-11-19-49/h5-9,13-15,17,24,26-28,32,34-40,51,59-61H,10-12,16,18-23,25,49-50H2,1-4H3,(H,52,63)(H,53,65)(H,54,66)(H,55,62)(H,56,64)(H,57,67)(H,69,70). The van der Waals surface area contributed by atoms with E-state index < -0.39 is 114 Å². The maximum Gasteiger partial charge on any atom is 0.326 e. The minimum Gasteiger partial charge on any atom is -0.480 e. The van der Waals surface area contributed by atoms with E-state index in [4.69, 9.17) is 11.5 Å². The van der Waals surface area contributed by atoms with Gasteiger partial charge in [0.25, 0.3) is 0 Å². The van der Waals surface area contributed by atoms with Gasteiger partial charge in [0.15, 0.2) is 0 Å². The van der Waals surface area contributed by atoms with Crippen molar-refractivity contribution in [2.45, 2.75) is 140 Å². The van der Waals surface area contributed by atoms with Crippen LogP contribution in [0.5, 0.6) is 0 Å². The van der Waals surface area contributed by atoms with Crippen LogP contribution in [0.25, 0.3) is 10.9 Å². The summed E-state index contributed by atoms with van der Waals surface area (Å²) in [4.78, 5) is 113. The van der Waals surface area contributed by atoms with E-state index in [1.165, 1.54) is 18.7 Å². The zero-order valence-electron chi connectivity index (χ0n) is 40.1. The van der Waals surface area contributed by atoms with Crippen LogP contribution in [0.3, 0.4) is 0 Å². The van der Waals surface area contributed by atoms with Gasteiger partial charge in [0.1, 0.15) is 42.3 Å². The van der Waals surface area contributed by atoms with E-state index in [-0.39, 0.29) is 38.1 Å². The summed E-state index contributed by atoms with van der Waals surface area (Å²) in [6.45, 7) is 5.62. The molecule has 0 spiro atoms. The van der Waals surface area contributed by atoms with Crippen LogP contribution < -0.4 is 43.4 Å². The zero-order valence-corrected chi connectivity index (χ0v) is 40.1. The van der Waals surface area contributed by atoms with Crippen molar-refractivity contribution < 1.29 is 58.8 Å². The fraction of sp³-hybridized carbons (Fsp3) is 0.542. The molecule has 1 saturated heterocycles. The highest BCUT2D eigenvalue weighted by atomic mass is 16.4. The number of para-hydroxylation sites is 1. The second-order valence-corrected chi connectivity index (χ2v) is 18.2. The first-order chi connectivity index (χ1) is 33.2. The van der Waals surface area contributed by atoms with E-state index in [1.54, 1.807) is 56.4 Å². The van der Waals surface area contributed by atoms with Gasteiger partial charge in [-0.1, -0.05) is 68.8 Å². The molecule has 1 aromatic heterocycles. The van der Waals surface area contributed by atoms with E-state index in [2.05, 4.69) is 36.9 Å². The van der Waals surface area contributed by atoms with E-state index in [0.29, 0.717) is 43.4 Å². The Kier molecular flexibility index (Phi) is 21.7. The molecule has 2 heterocycles. The number of benzene rings is 2. The predicted molar refractivity (Wildman–Crippen MR) is 257 cm³/mol. The summed E-state index contributed by atoms with van der Waals surface area (Å²) in [6, 6.07) is 4.60. The van der Waals surface area contributed by atoms with E-state index in [1.807, 2.05) is 18.2 Å². The first-order valence-electron chi connectivity index (χ1n) is 23.6. The number of nitrogens with one attached hydrogen (secondary N) is 7. The molecule has 3 aromatic rings. The number of fused-ring (bicyclic) bond motifs is 1. The summed E-state index contributed by atoms with van der Waals surface area (Å²) in [5, 5.41) is 56.9. The van der Waals surface area contributed by atoms with E-state index >= 15 is 0 Å². The Balaban J connectivity index is 1.60. The minimum absolute atomic E-state index is 0.0477. The van der Waals surface area contributed by atoms with Crippen LogP contribution in [0.2, 0.25) is 0 Å². The van der Waals surface area contributed by atoms with Gasteiger partial charge < -0.3 is 73.7 Å². The number of aliphatic hydroxyl groups excluding tert-OH is 3. The molecular formula is C48H70N10O12. The summed E-state index contributed by atoms with van der Waals surface area (Å²) < 4.78 is 0. The molecular weight excluding hydrogens is 909 g/mol. The number of amides is 7. The number of likely N-dealkylation sites (tertiary alicyclic amines) is 1. The van der Waals surface area contributed by atoms with Gasteiger partial charge >= 0.3 is 5.97 Å². The number of nitrogens with zero attached hydrogens (tertiary/aromatic N) is 1. The van der Waals surface area contributed by atoms with Gasteiger partial charge in [-0.3, -0.25) is 33.6 Å². The number of aliphatic hydroxyl groups is 3. The molecule has 10 unspecified atom stereocenters. The van der Waals surface area contributed by atoms with Crippen molar-refractivity contribution in [3.63, 3.8) is 0 Å². The molecule has 0 aliphatic carbocycles. The monoisotopic (exact) mass is 979 g/mol. The fourth-order valence-electron chi connectivity index (χ4n) is 8.20. The maximum atomic E-state index is 14.6. The van der Waals surface area contributed by atoms with Crippen molar-refractivity contribution in [3.8, 4) is 0 Å². The minimum atomic E-state index is -1.77. The Morgan fingerprint density at radius 2 is 1.29 bits per heavy atom. The number of rotatable bonds is 27. The van der Waals surface area contributed by atoms with Gasteiger partial charge in [0.2, 0.25) is 41.4 Å². The molecule has 1 aliphatic rings. The molecule has 0 radical (unpaired) electrons. The van der Waals surface area contributed by atoms with Crippen LogP contribution in [-0.4, -0.2) is 158 Å². The van der Waals surface area contributed by atoms with Gasteiger partial charge in [-0.2, -0.15) is 0 Å².